The molecule has 5 rings (SSSR count). The maximum absolute atomic E-state index is 13.6. The summed E-state index contributed by atoms with van der Waals surface area (Å²) in [6, 6.07) is 19.3. The molecule has 1 saturated heterocycles. The molecule has 0 bridgehead atoms. The molecule has 1 fully saturated rings. The van der Waals surface area contributed by atoms with Gasteiger partial charge < -0.3 is 14.7 Å². The van der Waals surface area contributed by atoms with Gasteiger partial charge in [-0.3, -0.25) is 9.59 Å². The number of carbonyl (C=O) groups is 2. The molecule has 33 heavy (non-hydrogen) atoms. The summed E-state index contributed by atoms with van der Waals surface area (Å²) in [6.45, 7) is 2.14. The van der Waals surface area contributed by atoms with Gasteiger partial charge >= 0.3 is 0 Å². The lowest BCUT2D eigenvalue weighted by Gasteiger charge is -2.25. The van der Waals surface area contributed by atoms with Gasteiger partial charge in [0.25, 0.3) is 11.7 Å². The summed E-state index contributed by atoms with van der Waals surface area (Å²) in [6.07, 6.45) is 0.730. The molecule has 166 valence electrons. The van der Waals surface area contributed by atoms with E-state index in [1.807, 2.05) is 37.3 Å². The van der Waals surface area contributed by atoms with Crippen LogP contribution < -0.4 is 4.74 Å². The quantitative estimate of drug-likeness (QED) is 0.358. The number of aliphatic hydroxyl groups excluding tert-OH is 1. The molecule has 1 amide bonds. The molecule has 2 atom stereocenters. The van der Waals surface area contributed by atoms with Crippen molar-refractivity contribution in [3.63, 3.8) is 0 Å². The molecule has 2 heterocycles. The number of hydrogen-bond acceptors (Lipinski definition) is 4. The standard InChI is InChI=1S/C27H22FNO4/c1-16-13-20-14-19(9-12-22(20)33-16)25(30)23-24(18-7-10-21(28)11-8-18)29(27(32)26(23)31)15-17-5-3-2-4-6-17/h2-12,14,16,24,30H,13,15H2,1H3/b25-23+/t16-,24+/m0/s1. The van der Waals surface area contributed by atoms with Crippen molar-refractivity contribution in [2.24, 2.45) is 0 Å². The molecule has 2 aliphatic rings. The van der Waals surface area contributed by atoms with Gasteiger partial charge in [-0.25, -0.2) is 4.39 Å². The molecule has 0 aromatic heterocycles. The van der Waals surface area contributed by atoms with Crippen LogP contribution in [0.2, 0.25) is 0 Å². The van der Waals surface area contributed by atoms with Crippen molar-refractivity contribution in [1.29, 1.82) is 0 Å². The highest BCUT2D eigenvalue weighted by Gasteiger charge is 2.46. The van der Waals surface area contributed by atoms with Crippen LogP contribution in [0.3, 0.4) is 0 Å². The van der Waals surface area contributed by atoms with Crippen LogP contribution in [0, 0.1) is 5.82 Å². The van der Waals surface area contributed by atoms with Crippen molar-refractivity contribution in [3.8, 4) is 5.75 Å². The molecule has 0 aliphatic carbocycles. The van der Waals surface area contributed by atoms with Gasteiger partial charge in [0.1, 0.15) is 23.4 Å². The van der Waals surface area contributed by atoms with Gasteiger partial charge in [0.15, 0.2) is 0 Å². The number of fused-ring (bicyclic) bond motifs is 1. The van der Waals surface area contributed by atoms with Crippen molar-refractivity contribution in [2.45, 2.75) is 32.0 Å². The van der Waals surface area contributed by atoms with E-state index in [-0.39, 0.29) is 24.0 Å². The van der Waals surface area contributed by atoms with Crippen LogP contribution in [0.5, 0.6) is 5.75 Å². The number of ether oxygens (including phenoxy) is 1. The fraction of sp³-hybridized carbons (Fsp3) is 0.185. The maximum Gasteiger partial charge on any atom is 0.295 e. The number of likely N-dealkylation sites (tertiary alicyclic amines) is 1. The van der Waals surface area contributed by atoms with Crippen molar-refractivity contribution in [1.82, 2.24) is 4.90 Å². The smallest absolute Gasteiger partial charge is 0.295 e. The first-order valence-corrected chi connectivity index (χ1v) is 10.8. The Morgan fingerprint density at radius 3 is 2.52 bits per heavy atom. The minimum atomic E-state index is -0.839. The van der Waals surface area contributed by atoms with Gasteiger partial charge in [0.2, 0.25) is 0 Å². The Morgan fingerprint density at radius 2 is 1.79 bits per heavy atom. The normalized spacial score (nSPS) is 21.2. The maximum atomic E-state index is 13.6. The lowest BCUT2D eigenvalue weighted by molar-refractivity contribution is -0.140. The Morgan fingerprint density at radius 1 is 1.06 bits per heavy atom. The first-order chi connectivity index (χ1) is 15.9. The lowest BCUT2D eigenvalue weighted by atomic mass is 9.94. The number of benzene rings is 3. The molecule has 2 aliphatic heterocycles. The Kier molecular flexibility index (Phi) is 5.21. The number of hydrogen-bond donors (Lipinski definition) is 1. The van der Waals surface area contributed by atoms with E-state index in [9.17, 15) is 19.1 Å². The summed E-state index contributed by atoms with van der Waals surface area (Å²) in [5.41, 5.74) is 2.76. The third-order valence-electron chi connectivity index (χ3n) is 6.09. The monoisotopic (exact) mass is 443 g/mol. The summed E-state index contributed by atoms with van der Waals surface area (Å²) in [7, 11) is 0. The summed E-state index contributed by atoms with van der Waals surface area (Å²) < 4.78 is 19.4. The molecule has 6 heteroatoms. The third kappa shape index (κ3) is 3.78. The van der Waals surface area contributed by atoms with Crippen LogP contribution in [-0.4, -0.2) is 27.8 Å². The van der Waals surface area contributed by atoms with Gasteiger partial charge in [-0.1, -0.05) is 42.5 Å². The van der Waals surface area contributed by atoms with Crippen molar-refractivity contribution in [3.05, 3.63) is 106 Å². The van der Waals surface area contributed by atoms with E-state index < -0.39 is 23.5 Å². The number of Topliss-reactive ketones (excluding diaryl/α,β-unsaturated/α-hetero) is 1. The van der Waals surface area contributed by atoms with Gasteiger partial charge in [0, 0.05) is 18.5 Å². The molecule has 3 aromatic rings. The van der Waals surface area contributed by atoms with Gasteiger partial charge in [0.05, 0.1) is 11.6 Å². The molecule has 0 unspecified atom stereocenters. The minimum absolute atomic E-state index is 0.00514. The van der Waals surface area contributed by atoms with E-state index in [0.29, 0.717) is 17.5 Å². The summed E-state index contributed by atoms with van der Waals surface area (Å²) in [5, 5.41) is 11.2. The lowest BCUT2D eigenvalue weighted by Crippen LogP contribution is -2.29. The second-order valence-corrected chi connectivity index (χ2v) is 8.42. The first kappa shape index (κ1) is 20.9. The highest BCUT2D eigenvalue weighted by Crippen LogP contribution is 2.41. The number of ketones is 1. The second-order valence-electron chi connectivity index (χ2n) is 8.42. The largest absolute Gasteiger partial charge is 0.507 e. The Hall–Kier alpha value is -3.93. The number of halogens is 1. The molecular weight excluding hydrogens is 421 g/mol. The number of rotatable bonds is 4. The minimum Gasteiger partial charge on any atom is -0.507 e. The SMILES string of the molecule is C[C@H]1Cc2cc(/C(O)=C3\C(=O)C(=O)N(Cc4ccccc4)[C@@H]3c3ccc(F)cc3)ccc2O1. The highest BCUT2D eigenvalue weighted by molar-refractivity contribution is 6.46. The second kappa shape index (κ2) is 8.20. The summed E-state index contributed by atoms with van der Waals surface area (Å²) >= 11 is 0. The van der Waals surface area contributed by atoms with Crippen LogP contribution in [0.25, 0.3) is 5.76 Å². The molecule has 1 N–H and O–H groups in total. The Labute approximate surface area is 190 Å². The van der Waals surface area contributed by atoms with E-state index >= 15 is 0 Å². The van der Waals surface area contributed by atoms with E-state index in [4.69, 9.17) is 4.74 Å². The number of nitrogens with zero attached hydrogens (tertiary/aromatic N) is 1. The van der Waals surface area contributed by atoms with Gasteiger partial charge in [-0.2, -0.15) is 0 Å². The van der Waals surface area contributed by atoms with E-state index in [0.717, 1.165) is 16.9 Å². The third-order valence-corrected chi connectivity index (χ3v) is 6.09. The highest BCUT2D eigenvalue weighted by atomic mass is 19.1. The molecule has 5 nitrogen and oxygen atoms in total. The fourth-order valence-corrected chi connectivity index (χ4v) is 4.54. The van der Waals surface area contributed by atoms with E-state index in [1.165, 1.54) is 29.2 Å². The van der Waals surface area contributed by atoms with Crippen molar-refractivity contribution < 1.29 is 23.8 Å². The van der Waals surface area contributed by atoms with Gasteiger partial charge in [-0.15, -0.1) is 0 Å². The molecule has 0 spiro atoms. The molecular formula is C27H22FNO4. The van der Waals surface area contributed by atoms with Crippen molar-refractivity contribution >= 4 is 17.4 Å². The Bertz CT molecular complexity index is 1270. The molecule has 0 radical (unpaired) electrons. The topological polar surface area (TPSA) is 66.8 Å². The van der Waals surface area contributed by atoms with Crippen LogP contribution in [0.15, 0.2) is 78.4 Å². The number of carbonyl (C=O) groups excluding carboxylic acids is 2. The fourth-order valence-electron chi connectivity index (χ4n) is 4.54. The molecule has 0 saturated carbocycles. The van der Waals surface area contributed by atoms with E-state index in [2.05, 4.69) is 0 Å². The number of amides is 1. The van der Waals surface area contributed by atoms with Crippen LogP contribution >= 0.6 is 0 Å². The average Bonchev–Trinajstić information content (AvgIpc) is 3.31. The average molecular weight is 443 g/mol. The zero-order chi connectivity index (χ0) is 23.1. The van der Waals surface area contributed by atoms with Crippen LogP contribution in [0.1, 0.15) is 35.2 Å². The van der Waals surface area contributed by atoms with Crippen molar-refractivity contribution in [2.75, 3.05) is 0 Å². The van der Waals surface area contributed by atoms with Crippen LogP contribution in [-0.2, 0) is 22.6 Å². The zero-order valence-corrected chi connectivity index (χ0v) is 18.0. The van der Waals surface area contributed by atoms with E-state index in [1.54, 1.807) is 18.2 Å². The number of aliphatic hydroxyl groups is 1. The van der Waals surface area contributed by atoms with Gasteiger partial charge in [-0.05, 0) is 53.9 Å². The zero-order valence-electron chi connectivity index (χ0n) is 18.0. The summed E-state index contributed by atoms with van der Waals surface area (Å²) in [4.78, 5) is 27.6. The summed E-state index contributed by atoms with van der Waals surface area (Å²) in [5.74, 6) is -1.39. The predicted octanol–water partition coefficient (Wildman–Crippen LogP) is 4.77. The predicted molar refractivity (Wildman–Crippen MR) is 121 cm³/mol. The first-order valence-electron chi connectivity index (χ1n) is 10.8. The molecule has 3 aromatic carbocycles. The van der Waals surface area contributed by atoms with Crippen LogP contribution in [0.4, 0.5) is 4.39 Å². The Balaban J connectivity index is 1.62.